The minimum atomic E-state index is -1.12. The molecule has 0 unspecified atom stereocenters. The second kappa shape index (κ2) is 8.33. The van der Waals surface area contributed by atoms with E-state index in [2.05, 4.69) is 20.8 Å². The number of nitrogens with one attached hydrogen (secondary N) is 2. The van der Waals surface area contributed by atoms with Gasteiger partial charge in [-0.3, -0.25) is 5.32 Å². The first-order valence-electron chi connectivity index (χ1n) is 7.37. The smallest absolute Gasteiger partial charge is 0.321 e. The number of aromatic nitrogens is 2. The molecule has 1 aromatic rings. The molecule has 0 saturated heterocycles. The van der Waals surface area contributed by atoms with Crippen molar-refractivity contribution in [1.82, 2.24) is 15.5 Å². The molecule has 0 radical (unpaired) electrons. The fourth-order valence-electron chi connectivity index (χ4n) is 2.29. The molecule has 1 aromatic heterocycles. The van der Waals surface area contributed by atoms with E-state index in [1.165, 1.54) is 6.42 Å². The van der Waals surface area contributed by atoms with Gasteiger partial charge in [0.25, 0.3) is 0 Å². The number of carboxylic acid groups (broad SMARTS) is 1. The van der Waals surface area contributed by atoms with Crippen LogP contribution in [0, 0.1) is 0 Å². The van der Waals surface area contributed by atoms with Gasteiger partial charge in [-0.2, -0.15) is 0 Å². The first-order chi connectivity index (χ1) is 10.6. The van der Waals surface area contributed by atoms with E-state index in [0.717, 1.165) is 48.8 Å². The molecule has 122 valence electrons. The zero-order valence-electron chi connectivity index (χ0n) is 12.3. The summed E-state index contributed by atoms with van der Waals surface area (Å²) < 4.78 is 0.504. The molecule has 7 nitrogen and oxygen atoms in total. The van der Waals surface area contributed by atoms with E-state index in [1.807, 2.05) is 0 Å². The summed E-state index contributed by atoms with van der Waals surface area (Å²) in [5.41, 5.74) is 0. The van der Waals surface area contributed by atoms with E-state index >= 15 is 0 Å². The maximum Gasteiger partial charge on any atom is 0.321 e. The van der Waals surface area contributed by atoms with Gasteiger partial charge in [-0.05, 0) is 19.3 Å². The quantitative estimate of drug-likeness (QED) is 0.600. The van der Waals surface area contributed by atoms with Crippen LogP contribution in [0.3, 0.4) is 0 Å². The zero-order valence-corrected chi connectivity index (χ0v) is 14.0. The van der Waals surface area contributed by atoms with Crippen molar-refractivity contribution in [2.45, 2.75) is 61.1 Å². The largest absolute Gasteiger partial charge is 0.549 e. The predicted molar refractivity (Wildman–Crippen MR) is 83.9 cm³/mol. The van der Waals surface area contributed by atoms with Gasteiger partial charge >= 0.3 is 6.03 Å². The van der Waals surface area contributed by atoms with Crippen molar-refractivity contribution in [2.24, 2.45) is 0 Å². The lowest BCUT2D eigenvalue weighted by Gasteiger charge is -2.22. The molecule has 1 heterocycles. The number of anilines is 1. The van der Waals surface area contributed by atoms with Crippen LogP contribution in [-0.4, -0.2) is 33.5 Å². The van der Waals surface area contributed by atoms with Crippen molar-refractivity contribution in [2.75, 3.05) is 5.32 Å². The Kier molecular flexibility index (Phi) is 6.44. The summed E-state index contributed by atoms with van der Waals surface area (Å²) in [6.45, 7) is 1.77. The Morgan fingerprint density at radius 2 is 2.09 bits per heavy atom. The number of hydrogen-bond acceptors (Lipinski definition) is 7. The van der Waals surface area contributed by atoms with Gasteiger partial charge in [0.2, 0.25) is 5.13 Å². The lowest BCUT2D eigenvalue weighted by atomic mass is 9.96. The van der Waals surface area contributed by atoms with Crippen molar-refractivity contribution in [3.63, 3.8) is 0 Å². The van der Waals surface area contributed by atoms with Gasteiger partial charge in [0.15, 0.2) is 4.34 Å². The number of aliphatic carboxylic acids is 1. The van der Waals surface area contributed by atoms with E-state index in [1.54, 1.807) is 6.92 Å². The summed E-state index contributed by atoms with van der Waals surface area (Å²) in [6, 6.07) is -0.0652. The Hall–Kier alpha value is -1.35. The van der Waals surface area contributed by atoms with Gasteiger partial charge in [0, 0.05) is 6.04 Å². The molecule has 0 spiro atoms. The van der Waals surface area contributed by atoms with Crippen LogP contribution in [0.15, 0.2) is 4.34 Å². The Bertz CT molecular complexity index is 517. The standard InChI is InChI=1S/C13H20N4O3S2/c1-2-9(10(18)19)21-13-17-16-12(22-13)15-11(20)14-8-6-4-3-5-7-8/h8-9H,2-7H2,1H3,(H,18,19)(H2,14,15,16,20)/p-1/t9-/m0/s1. The molecular formula is C13H19N4O3S2-. The summed E-state index contributed by atoms with van der Waals surface area (Å²) >= 11 is 2.25. The second-order valence-corrected chi connectivity index (χ2v) is 7.57. The highest BCUT2D eigenvalue weighted by atomic mass is 32.2. The van der Waals surface area contributed by atoms with Crippen molar-refractivity contribution < 1.29 is 14.7 Å². The number of urea groups is 1. The van der Waals surface area contributed by atoms with Gasteiger partial charge in [0.1, 0.15) is 0 Å². The van der Waals surface area contributed by atoms with Gasteiger partial charge in [-0.15, -0.1) is 10.2 Å². The number of nitrogens with zero attached hydrogens (tertiary/aromatic N) is 2. The minimum Gasteiger partial charge on any atom is -0.549 e. The number of thioether (sulfide) groups is 1. The van der Waals surface area contributed by atoms with Gasteiger partial charge < -0.3 is 15.2 Å². The van der Waals surface area contributed by atoms with Crippen LogP contribution in [0.2, 0.25) is 0 Å². The zero-order chi connectivity index (χ0) is 15.9. The first-order valence-corrected chi connectivity index (χ1v) is 9.06. The molecule has 0 bridgehead atoms. The van der Waals surface area contributed by atoms with Crippen molar-refractivity contribution >= 4 is 40.2 Å². The third-order valence-electron chi connectivity index (χ3n) is 3.44. The predicted octanol–water partition coefficient (Wildman–Crippen LogP) is 1.61. The van der Waals surface area contributed by atoms with Gasteiger partial charge in [0.05, 0.1) is 11.2 Å². The molecule has 1 aliphatic carbocycles. The number of hydrogen-bond donors (Lipinski definition) is 2. The first kappa shape index (κ1) is 17.0. The van der Waals surface area contributed by atoms with Crippen LogP contribution in [0.4, 0.5) is 9.93 Å². The van der Waals surface area contributed by atoms with Crippen LogP contribution >= 0.6 is 23.1 Å². The molecule has 1 saturated carbocycles. The minimum absolute atomic E-state index is 0.220. The third kappa shape index (κ3) is 5.13. The lowest BCUT2D eigenvalue weighted by molar-refractivity contribution is -0.304. The van der Waals surface area contributed by atoms with E-state index in [0.29, 0.717) is 15.9 Å². The lowest BCUT2D eigenvalue weighted by Crippen LogP contribution is -2.38. The Balaban J connectivity index is 1.83. The molecule has 22 heavy (non-hydrogen) atoms. The SMILES string of the molecule is CC[C@H](Sc1nnc(NC(=O)NC2CCCCC2)s1)C(=O)[O-]. The Labute approximate surface area is 137 Å². The van der Waals surface area contributed by atoms with Crippen LogP contribution in [0.25, 0.3) is 0 Å². The molecule has 1 fully saturated rings. The molecule has 1 aliphatic rings. The Morgan fingerprint density at radius 3 is 2.73 bits per heavy atom. The maximum absolute atomic E-state index is 11.9. The van der Waals surface area contributed by atoms with E-state index in [9.17, 15) is 14.7 Å². The molecule has 1 atom stereocenters. The summed E-state index contributed by atoms with van der Waals surface area (Å²) in [6.07, 6.45) is 5.98. The van der Waals surface area contributed by atoms with E-state index < -0.39 is 11.2 Å². The van der Waals surface area contributed by atoms with Crippen LogP contribution < -0.4 is 15.7 Å². The second-order valence-electron chi connectivity index (χ2n) is 5.14. The fourth-order valence-corrected chi connectivity index (χ4v) is 4.14. The van der Waals surface area contributed by atoms with Crippen molar-refractivity contribution in [3.05, 3.63) is 0 Å². The average Bonchev–Trinajstić information content (AvgIpc) is 2.92. The highest BCUT2D eigenvalue weighted by Crippen LogP contribution is 2.30. The molecule has 0 aromatic carbocycles. The molecule has 9 heteroatoms. The van der Waals surface area contributed by atoms with E-state index in [-0.39, 0.29) is 12.1 Å². The number of carbonyl (C=O) groups is 2. The Morgan fingerprint density at radius 1 is 1.36 bits per heavy atom. The van der Waals surface area contributed by atoms with Gasteiger partial charge in [-0.25, -0.2) is 4.79 Å². The normalized spacial score (nSPS) is 17.0. The molecule has 2 amide bonds. The average molecular weight is 343 g/mol. The third-order valence-corrected chi connectivity index (χ3v) is 5.71. The highest BCUT2D eigenvalue weighted by Gasteiger charge is 2.17. The maximum atomic E-state index is 11.9. The summed E-state index contributed by atoms with van der Waals surface area (Å²) in [4.78, 5) is 22.8. The molecule has 0 aliphatic heterocycles. The monoisotopic (exact) mass is 343 g/mol. The van der Waals surface area contributed by atoms with Gasteiger partial charge in [-0.1, -0.05) is 49.3 Å². The summed E-state index contributed by atoms with van der Waals surface area (Å²) in [5.74, 6) is -1.12. The number of amides is 2. The molecule has 2 N–H and O–H groups in total. The summed E-state index contributed by atoms with van der Waals surface area (Å²) in [5, 5.41) is 23.9. The molecular weight excluding hydrogens is 324 g/mol. The van der Waals surface area contributed by atoms with Crippen LogP contribution in [0.5, 0.6) is 0 Å². The topological polar surface area (TPSA) is 107 Å². The van der Waals surface area contributed by atoms with Crippen molar-refractivity contribution in [1.29, 1.82) is 0 Å². The molecule has 2 rings (SSSR count). The van der Waals surface area contributed by atoms with Crippen LogP contribution in [0.1, 0.15) is 45.4 Å². The number of rotatable bonds is 6. The number of carbonyl (C=O) groups excluding carboxylic acids is 2. The van der Waals surface area contributed by atoms with E-state index in [4.69, 9.17) is 0 Å². The van der Waals surface area contributed by atoms with Crippen LogP contribution in [-0.2, 0) is 4.79 Å². The number of carboxylic acids is 1. The van der Waals surface area contributed by atoms with Crippen molar-refractivity contribution in [3.8, 4) is 0 Å². The fraction of sp³-hybridized carbons (Fsp3) is 0.692. The summed E-state index contributed by atoms with van der Waals surface area (Å²) in [7, 11) is 0. The highest BCUT2D eigenvalue weighted by molar-refractivity contribution is 8.02.